The normalized spacial score (nSPS) is 26.5. The number of hydrogen-bond donors (Lipinski definition) is 3. The van der Waals surface area contributed by atoms with Crippen molar-refractivity contribution in [2.45, 2.75) is 37.4 Å². The van der Waals surface area contributed by atoms with Crippen molar-refractivity contribution < 1.29 is 14.7 Å². The second-order valence-corrected chi connectivity index (χ2v) is 5.65. The largest absolute Gasteiger partial charge is 0.392 e. The molecule has 1 saturated heterocycles. The molecule has 1 aromatic carbocycles. The minimum atomic E-state index is -0.339. The Morgan fingerprint density at radius 2 is 2.20 bits per heavy atom. The lowest BCUT2D eigenvalue weighted by Crippen LogP contribution is -2.51. The molecule has 1 aromatic rings. The molecule has 0 bridgehead atoms. The van der Waals surface area contributed by atoms with Gasteiger partial charge in [0.2, 0.25) is 11.8 Å². The Hall–Kier alpha value is -1.37. The van der Waals surface area contributed by atoms with Crippen LogP contribution in [-0.4, -0.2) is 27.9 Å². The maximum atomic E-state index is 12.0. The second-order valence-electron chi connectivity index (χ2n) is 5.16. The number of thiol groups is 1. The Labute approximate surface area is 122 Å². The average molecular weight is 292 g/mol. The summed E-state index contributed by atoms with van der Waals surface area (Å²) in [7, 11) is 0. The highest BCUT2D eigenvalue weighted by atomic mass is 32.1. The number of rotatable bonds is 2. The van der Waals surface area contributed by atoms with Gasteiger partial charge in [-0.2, -0.15) is 12.6 Å². The number of carbonyl (C=O) groups is 2. The Morgan fingerprint density at radius 1 is 1.40 bits per heavy atom. The van der Waals surface area contributed by atoms with Crippen LogP contribution < -0.4 is 5.32 Å². The number of imide groups is 1. The summed E-state index contributed by atoms with van der Waals surface area (Å²) >= 11 is 4.61. The van der Waals surface area contributed by atoms with Crippen LogP contribution in [0.1, 0.15) is 34.9 Å². The van der Waals surface area contributed by atoms with Crippen molar-refractivity contribution >= 4 is 24.4 Å². The molecule has 0 aromatic heterocycles. The van der Waals surface area contributed by atoms with E-state index in [4.69, 9.17) is 0 Å². The van der Waals surface area contributed by atoms with Gasteiger partial charge in [0.25, 0.3) is 0 Å². The lowest BCUT2D eigenvalue weighted by Gasteiger charge is -2.32. The number of piperidine rings is 1. The lowest BCUT2D eigenvalue weighted by molar-refractivity contribution is -0.137. The minimum absolute atomic E-state index is 0.0210. The van der Waals surface area contributed by atoms with E-state index in [1.807, 2.05) is 23.1 Å². The van der Waals surface area contributed by atoms with Crippen LogP contribution in [0.3, 0.4) is 0 Å². The van der Waals surface area contributed by atoms with Crippen LogP contribution in [-0.2, 0) is 22.7 Å². The van der Waals surface area contributed by atoms with E-state index >= 15 is 0 Å². The van der Waals surface area contributed by atoms with Gasteiger partial charge >= 0.3 is 0 Å². The van der Waals surface area contributed by atoms with Gasteiger partial charge in [0.15, 0.2) is 0 Å². The molecular weight excluding hydrogens is 276 g/mol. The third-order valence-corrected chi connectivity index (χ3v) is 4.60. The van der Waals surface area contributed by atoms with Crippen LogP contribution in [0.2, 0.25) is 0 Å². The average Bonchev–Trinajstić information content (AvgIpc) is 2.76. The molecule has 2 aliphatic rings. The summed E-state index contributed by atoms with van der Waals surface area (Å²) in [6, 6.07) is 5.40. The van der Waals surface area contributed by atoms with Crippen LogP contribution in [0, 0.1) is 0 Å². The summed E-state index contributed by atoms with van der Waals surface area (Å²) in [5.41, 5.74) is 2.95. The van der Waals surface area contributed by atoms with Crippen LogP contribution in [0.25, 0.3) is 0 Å². The maximum Gasteiger partial charge on any atom is 0.243 e. The molecule has 2 aliphatic heterocycles. The van der Waals surface area contributed by atoms with Gasteiger partial charge in [-0.1, -0.05) is 18.2 Å². The van der Waals surface area contributed by atoms with Crippen molar-refractivity contribution in [3.63, 3.8) is 0 Å². The first-order valence-corrected chi connectivity index (χ1v) is 7.12. The molecular formula is C14H16N2O3S. The summed E-state index contributed by atoms with van der Waals surface area (Å²) in [5.74, 6) is -0.464. The van der Waals surface area contributed by atoms with E-state index in [9.17, 15) is 14.7 Å². The third-order valence-electron chi connectivity index (χ3n) is 4.02. The van der Waals surface area contributed by atoms with E-state index in [0.717, 1.165) is 16.7 Å². The molecule has 2 amide bonds. The summed E-state index contributed by atoms with van der Waals surface area (Å²) in [4.78, 5) is 25.2. The lowest BCUT2D eigenvalue weighted by atomic mass is 10.0. The number of nitrogens with zero attached hydrogens (tertiary/aromatic N) is 1. The maximum absolute atomic E-state index is 12.0. The van der Waals surface area contributed by atoms with E-state index in [1.165, 1.54) is 0 Å². The van der Waals surface area contributed by atoms with Crippen molar-refractivity contribution in [3.05, 3.63) is 34.9 Å². The van der Waals surface area contributed by atoms with Crippen molar-refractivity contribution in [3.8, 4) is 0 Å². The molecule has 5 nitrogen and oxygen atoms in total. The molecule has 0 spiro atoms. The Morgan fingerprint density at radius 3 is 2.90 bits per heavy atom. The van der Waals surface area contributed by atoms with Gasteiger partial charge in [-0.25, -0.2) is 0 Å². The van der Waals surface area contributed by atoms with Crippen molar-refractivity contribution in [2.75, 3.05) is 0 Å². The third kappa shape index (κ3) is 2.13. The number of nitrogens with one attached hydrogen (secondary N) is 1. The predicted molar refractivity (Wildman–Crippen MR) is 75.8 cm³/mol. The molecule has 0 radical (unpaired) electrons. The van der Waals surface area contributed by atoms with Gasteiger partial charge in [-0.15, -0.1) is 0 Å². The molecule has 2 N–H and O–H groups in total. The first-order chi connectivity index (χ1) is 9.61. The van der Waals surface area contributed by atoms with Gasteiger partial charge in [0.1, 0.15) is 0 Å². The minimum Gasteiger partial charge on any atom is -0.392 e. The molecule has 106 valence electrons. The first-order valence-electron chi connectivity index (χ1n) is 6.61. The second kappa shape index (κ2) is 5.20. The molecule has 3 rings (SSSR count). The summed E-state index contributed by atoms with van der Waals surface area (Å²) in [5, 5.41) is 11.6. The Kier molecular flexibility index (Phi) is 3.54. The smallest absolute Gasteiger partial charge is 0.243 e. The van der Waals surface area contributed by atoms with Crippen molar-refractivity contribution in [1.29, 1.82) is 0 Å². The highest BCUT2D eigenvalue weighted by molar-refractivity contribution is 7.80. The quantitative estimate of drug-likeness (QED) is 0.555. The molecule has 20 heavy (non-hydrogen) atoms. The number of hydrogen-bond acceptors (Lipinski definition) is 5. The van der Waals surface area contributed by atoms with Crippen molar-refractivity contribution in [1.82, 2.24) is 10.2 Å². The summed E-state index contributed by atoms with van der Waals surface area (Å²) in [6.45, 7) is 0.555. The standard InChI is InChI=1S/C14H16N2O3S/c17-7-8-2-1-3-9-10(8)6-16(14(9)20)11-4-5-12(18)15-13(11)19/h1-3,11,14,17,20H,4-7H2,(H,15,18,19). The number of fused-ring (bicyclic) bond motifs is 1. The van der Waals surface area contributed by atoms with Crippen LogP contribution >= 0.6 is 12.6 Å². The van der Waals surface area contributed by atoms with E-state index in [1.54, 1.807) is 0 Å². The number of amides is 2. The van der Waals surface area contributed by atoms with Gasteiger partial charge in [-0.05, 0) is 23.1 Å². The topological polar surface area (TPSA) is 69.6 Å². The Balaban J connectivity index is 1.88. The number of aliphatic hydroxyl groups is 1. The zero-order valence-electron chi connectivity index (χ0n) is 10.9. The fourth-order valence-corrected chi connectivity index (χ4v) is 3.45. The monoisotopic (exact) mass is 292 g/mol. The van der Waals surface area contributed by atoms with E-state index < -0.39 is 0 Å². The van der Waals surface area contributed by atoms with Gasteiger partial charge in [-0.3, -0.25) is 19.8 Å². The van der Waals surface area contributed by atoms with Crippen LogP contribution in [0.15, 0.2) is 18.2 Å². The SMILES string of the molecule is O=C1CCC(N2Cc3c(CO)cccc3C2S)C(=O)N1. The molecule has 0 saturated carbocycles. The number of carbonyl (C=O) groups excluding carboxylic acids is 2. The van der Waals surface area contributed by atoms with Crippen LogP contribution in [0.4, 0.5) is 0 Å². The molecule has 2 heterocycles. The summed E-state index contributed by atoms with van der Waals surface area (Å²) < 4.78 is 0. The van der Waals surface area contributed by atoms with Crippen molar-refractivity contribution in [2.24, 2.45) is 0 Å². The zero-order chi connectivity index (χ0) is 14.3. The van der Waals surface area contributed by atoms with E-state index in [0.29, 0.717) is 19.4 Å². The van der Waals surface area contributed by atoms with E-state index in [-0.39, 0.29) is 29.8 Å². The molecule has 6 heteroatoms. The summed E-state index contributed by atoms with van der Waals surface area (Å²) in [6.07, 6.45) is 0.876. The fraction of sp³-hybridized carbons (Fsp3) is 0.429. The van der Waals surface area contributed by atoms with Gasteiger partial charge < -0.3 is 5.11 Å². The molecule has 0 aliphatic carbocycles. The number of benzene rings is 1. The number of aliphatic hydroxyl groups excluding tert-OH is 1. The fourth-order valence-electron chi connectivity index (χ4n) is 2.96. The Bertz CT molecular complexity index is 576. The van der Waals surface area contributed by atoms with Gasteiger partial charge in [0.05, 0.1) is 18.0 Å². The van der Waals surface area contributed by atoms with Gasteiger partial charge in [0, 0.05) is 13.0 Å². The highest BCUT2D eigenvalue weighted by Crippen LogP contribution is 2.40. The molecule has 2 atom stereocenters. The highest BCUT2D eigenvalue weighted by Gasteiger charge is 2.39. The predicted octanol–water partition coefficient (Wildman–Crippen LogP) is 0.728. The first kappa shape index (κ1) is 13.6. The van der Waals surface area contributed by atoms with Crippen LogP contribution in [0.5, 0.6) is 0 Å². The van der Waals surface area contributed by atoms with E-state index in [2.05, 4.69) is 17.9 Å². The zero-order valence-corrected chi connectivity index (χ0v) is 11.8. The molecule has 1 fully saturated rings. The molecule has 2 unspecified atom stereocenters.